The molecule has 0 bridgehead atoms. The summed E-state index contributed by atoms with van der Waals surface area (Å²) in [4.78, 5) is 38.3. The van der Waals surface area contributed by atoms with Crippen LogP contribution in [0.5, 0.6) is 5.75 Å². The molecule has 154 valence electrons. The molecule has 1 heterocycles. The van der Waals surface area contributed by atoms with E-state index in [0.29, 0.717) is 23.4 Å². The van der Waals surface area contributed by atoms with Crippen LogP contribution >= 0.6 is 0 Å². The molecule has 2 N–H and O–H groups in total. The molecule has 1 atom stereocenters. The molecule has 0 saturated carbocycles. The fraction of sp³-hybridized carbons (Fsp3) is 0.261. The minimum atomic E-state index is -0.431. The number of nitrogens with one attached hydrogen (secondary N) is 2. The number of anilines is 1. The Morgan fingerprint density at radius 3 is 2.60 bits per heavy atom. The van der Waals surface area contributed by atoms with Crippen molar-refractivity contribution in [1.29, 1.82) is 0 Å². The Morgan fingerprint density at radius 2 is 1.90 bits per heavy atom. The molecule has 0 spiro atoms. The molecule has 1 aliphatic heterocycles. The summed E-state index contributed by atoms with van der Waals surface area (Å²) in [6.07, 6.45) is 0.158. The third kappa shape index (κ3) is 4.78. The second kappa shape index (κ2) is 9.61. The highest BCUT2D eigenvalue weighted by molar-refractivity contribution is 6.00. The van der Waals surface area contributed by atoms with Gasteiger partial charge in [0.2, 0.25) is 11.8 Å². The van der Waals surface area contributed by atoms with Crippen LogP contribution in [0.3, 0.4) is 0 Å². The van der Waals surface area contributed by atoms with Gasteiger partial charge in [-0.25, -0.2) is 0 Å². The van der Waals surface area contributed by atoms with Crippen molar-refractivity contribution in [3.8, 4) is 17.6 Å². The van der Waals surface area contributed by atoms with Gasteiger partial charge >= 0.3 is 0 Å². The number of ether oxygens (including phenoxy) is 1. The Hall–Kier alpha value is -3.79. The predicted octanol–water partition coefficient (Wildman–Crippen LogP) is 1.58. The van der Waals surface area contributed by atoms with Crippen molar-refractivity contribution >= 4 is 23.4 Å². The molecule has 1 unspecified atom stereocenters. The molecule has 0 radical (unpaired) electrons. The molecule has 0 aromatic heterocycles. The van der Waals surface area contributed by atoms with Crippen molar-refractivity contribution in [2.75, 3.05) is 32.1 Å². The van der Waals surface area contributed by atoms with E-state index < -0.39 is 5.92 Å². The molecular formula is C23H23N3O4. The third-order valence-electron chi connectivity index (χ3n) is 4.85. The average molecular weight is 405 g/mol. The Labute approximate surface area is 175 Å². The highest BCUT2D eigenvalue weighted by atomic mass is 16.5. The Bertz CT molecular complexity index is 1010. The zero-order valence-electron chi connectivity index (χ0n) is 16.9. The minimum absolute atomic E-state index is 0.0918. The number of methoxy groups -OCH3 is 1. The number of hydrogen-bond donors (Lipinski definition) is 2. The molecule has 2 aromatic carbocycles. The summed E-state index contributed by atoms with van der Waals surface area (Å²) in [5, 5.41) is 5.33. The molecule has 1 fully saturated rings. The second-order valence-corrected chi connectivity index (χ2v) is 6.75. The summed E-state index contributed by atoms with van der Waals surface area (Å²) >= 11 is 0. The average Bonchev–Trinajstić information content (AvgIpc) is 3.18. The maximum absolute atomic E-state index is 12.5. The second-order valence-electron chi connectivity index (χ2n) is 6.75. The summed E-state index contributed by atoms with van der Waals surface area (Å²) in [7, 11) is 3.14. The van der Waals surface area contributed by atoms with Crippen LogP contribution in [-0.2, 0) is 9.59 Å². The van der Waals surface area contributed by atoms with Crippen molar-refractivity contribution in [3.63, 3.8) is 0 Å². The molecule has 2 aromatic rings. The van der Waals surface area contributed by atoms with Gasteiger partial charge < -0.3 is 20.3 Å². The number of rotatable bonds is 5. The third-order valence-corrected chi connectivity index (χ3v) is 4.85. The first-order valence-electron chi connectivity index (χ1n) is 9.55. The van der Waals surface area contributed by atoms with Crippen LogP contribution in [0.4, 0.5) is 5.69 Å². The molecule has 3 amide bonds. The summed E-state index contributed by atoms with van der Waals surface area (Å²) in [5.41, 5.74) is 1.81. The lowest BCUT2D eigenvalue weighted by Crippen LogP contribution is -2.33. The van der Waals surface area contributed by atoms with E-state index >= 15 is 0 Å². The van der Waals surface area contributed by atoms with E-state index in [0.717, 1.165) is 5.69 Å². The largest absolute Gasteiger partial charge is 0.497 e. The highest BCUT2D eigenvalue weighted by Gasteiger charge is 2.34. The molecule has 3 rings (SSSR count). The van der Waals surface area contributed by atoms with E-state index in [4.69, 9.17) is 4.74 Å². The van der Waals surface area contributed by atoms with Gasteiger partial charge in [-0.2, -0.15) is 0 Å². The van der Waals surface area contributed by atoms with Crippen molar-refractivity contribution in [1.82, 2.24) is 10.6 Å². The van der Waals surface area contributed by atoms with Crippen molar-refractivity contribution in [2.45, 2.75) is 6.42 Å². The maximum Gasteiger partial charge on any atom is 0.252 e. The van der Waals surface area contributed by atoms with Gasteiger partial charge in [-0.3, -0.25) is 14.4 Å². The maximum atomic E-state index is 12.5. The number of benzene rings is 2. The summed E-state index contributed by atoms with van der Waals surface area (Å²) in [6.45, 7) is 0.456. The van der Waals surface area contributed by atoms with Gasteiger partial charge in [0.25, 0.3) is 5.91 Å². The van der Waals surface area contributed by atoms with Gasteiger partial charge in [0.05, 0.1) is 25.1 Å². The van der Waals surface area contributed by atoms with Gasteiger partial charge in [-0.05, 0) is 36.4 Å². The van der Waals surface area contributed by atoms with Gasteiger partial charge in [0.1, 0.15) is 5.75 Å². The lowest BCUT2D eigenvalue weighted by Gasteiger charge is -2.16. The summed E-state index contributed by atoms with van der Waals surface area (Å²) in [6, 6.07) is 14.2. The fourth-order valence-electron chi connectivity index (χ4n) is 3.23. The zero-order valence-corrected chi connectivity index (χ0v) is 16.9. The van der Waals surface area contributed by atoms with E-state index in [1.165, 1.54) is 0 Å². The number of amides is 3. The highest BCUT2D eigenvalue weighted by Crippen LogP contribution is 2.26. The smallest absolute Gasteiger partial charge is 0.252 e. The molecule has 1 saturated heterocycles. The monoisotopic (exact) mass is 405 g/mol. The molecule has 1 aliphatic rings. The summed E-state index contributed by atoms with van der Waals surface area (Å²) < 4.78 is 5.13. The molecule has 30 heavy (non-hydrogen) atoms. The first-order valence-corrected chi connectivity index (χ1v) is 9.55. The number of nitrogens with zero attached hydrogens (tertiary/aromatic N) is 1. The standard InChI is InChI=1S/C23H23N3O4/c1-24-23(29)20-8-4-3-6-16(20)7-5-13-25-22(28)17-14-21(27)26(15-17)18-9-11-19(30-2)12-10-18/h3-4,6,8-12,17H,13-15H2,1-2H3,(H,24,29)(H,25,28). The van der Waals surface area contributed by atoms with E-state index in [9.17, 15) is 14.4 Å². The molecule has 7 nitrogen and oxygen atoms in total. The predicted molar refractivity (Wildman–Crippen MR) is 113 cm³/mol. The lowest BCUT2D eigenvalue weighted by molar-refractivity contribution is -0.126. The molecular weight excluding hydrogens is 382 g/mol. The number of carbonyl (C=O) groups is 3. The first-order chi connectivity index (χ1) is 14.5. The van der Waals surface area contributed by atoms with Crippen LogP contribution in [0.25, 0.3) is 0 Å². The first kappa shape index (κ1) is 20.9. The van der Waals surface area contributed by atoms with Crippen molar-refractivity contribution in [2.24, 2.45) is 5.92 Å². The van der Waals surface area contributed by atoms with Crippen LogP contribution in [0, 0.1) is 17.8 Å². The van der Waals surface area contributed by atoms with Gasteiger partial charge in [0.15, 0.2) is 0 Å². The Kier molecular flexibility index (Phi) is 6.71. The number of hydrogen-bond acceptors (Lipinski definition) is 4. The van der Waals surface area contributed by atoms with Crippen LogP contribution in [0.15, 0.2) is 48.5 Å². The van der Waals surface area contributed by atoms with Crippen molar-refractivity contribution in [3.05, 3.63) is 59.7 Å². The lowest BCUT2D eigenvalue weighted by atomic mass is 10.1. The summed E-state index contributed by atoms with van der Waals surface area (Å²) in [5.74, 6) is 5.53. The quantitative estimate of drug-likeness (QED) is 0.740. The van der Waals surface area contributed by atoms with Crippen molar-refractivity contribution < 1.29 is 19.1 Å². The van der Waals surface area contributed by atoms with Crippen LogP contribution in [0.1, 0.15) is 22.3 Å². The SMILES string of the molecule is CNC(=O)c1ccccc1C#CCNC(=O)C1CC(=O)N(c2ccc(OC)cc2)C1. The van der Waals surface area contributed by atoms with E-state index in [-0.39, 0.29) is 30.7 Å². The van der Waals surface area contributed by atoms with E-state index in [1.807, 2.05) is 0 Å². The van der Waals surface area contributed by atoms with Crippen LogP contribution in [-0.4, -0.2) is 45.0 Å². The van der Waals surface area contributed by atoms with Gasteiger partial charge in [-0.15, -0.1) is 0 Å². The minimum Gasteiger partial charge on any atom is -0.497 e. The molecule has 0 aliphatic carbocycles. The zero-order chi connectivity index (χ0) is 21.5. The van der Waals surface area contributed by atoms with Crippen LogP contribution in [0.2, 0.25) is 0 Å². The number of carbonyl (C=O) groups excluding carboxylic acids is 3. The molecule has 7 heteroatoms. The van der Waals surface area contributed by atoms with Gasteiger partial charge in [0, 0.05) is 31.3 Å². The van der Waals surface area contributed by atoms with E-state index in [2.05, 4.69) is 22.5 Å². The van der Waals surface area contributed by atoms with E-state index in [1.54, 1.807) is 67.6 Å². The fourth-order valence-corrected chi connectivity index (χ4v) is 3.23. The van der Waals surface area contributed by atoms with Gasteiger partial charge in [-0.1, -0.05) is 24.0 Å². The normalized spacial score (nSPS) is 15.2. The Balaban J connectivity index is 1.57. The van der Waals surface area contributed by atoms with Crippen LogP contribution < -0.4 is 20.3 Å². The Morgan fingerprint density at radius 1 is 1.17 bits per heavy atom. The topological polar surface area (TPSA) is 87.7 Å².